The molecule has 1 amide bonds. The predicted octanol–water partition coefficient (Wildman–Crippen LogP) is 2.33. The van der Waals surface area contributed by atoms with Crippen molar-refractivity contribution >= 4 is 6.09 Å². The smallest absolute Gasteiger partial charge is 0.419 e. The van der Waals surface area contributed by atoms with Crippen molar-refractivity contribution < 1.29 is 38.0 Å². The van der Waals surface area contributed by atoms with Gasteiger partial charge in [0.1, 0.15) is 23.6 Å². The summed E-state index contributed by atoms with van der Waals surface area (Å²) in [5.74, 6) is -0.986. The minimum absolute atomic E-state index is 0.251. The Morgan fingerprint density at radius 1 is 1.25 bits per heavy atom. The maximum atomic E-state index is 12.7. The number of aromatic hydroxyl groups is 1. The molecule has 4 N–H and O–H groups in total. The molecule has 0 saturated carbocycles. The van der Waals surface area contributed by atoms with Crippen LogP contribution < -0.4 is 5.32 Å². The number of phenols is 1. The SMILES string of the molecule is CC(C)(C)OC(=O)NCC(O)C(O)c1ccc(O)c(C(F)(F)F)c1. The molecule has 0 bridgehead atoms. The molecule has 9 heteroatoms. The van der Waals surface area contributed by atoms with Crippen LogP contribution in [0, 0.1) is 0 Å². The van der Waals surface area contributed by atoms with E-state index in [2.05, 4.69) is 5.32 Å². The highest BCUT2D eigenvalue weighted by atomic mass is 19.4. The van der Waals surface area contributed by atoms with Gasteiger partial charge >= 0.3 is 12.3 Å². The van der Waals surface area contributed by atoms with E-state index in [4.69, 9.17) is 4.74 Å². The fourth-order valence-corrected chi connectivity index (χ4v) is 1.80. The second kappa shape index (κ2) is 7.27. The third-order valence-electron chi connectivity index (χ3n) is 2.89. The summed E-state index contributed by atoms with van der Waals surface area (Å²) in [4.78, 5) is 11.4. The Hall–Kier alpha value is -2.00. The molecule has 1 rings (SSSR count). The molecule has 2 unspecified atom stereocenters. The van der Waals surface area contributed by atoms with Crippen LogP contribution in [0.25, 0.3) is 0 Å². The van der Waals surface area contributed by atoms with Gasteiger partial charge < -0.3 is 25.4 Å². The lowest BCUT2D eigenvalue weighted by molar-refractivity contribution is -0.138. The van der Waals surface area contributed by atoms with Gasteiger partial charge in [-0.25, -0.2) is 4.79 Å². The van der Waals surface area contributed by atoms with E-state index in [0.29, 0.717) is 6.07 Å². The van der Waals surface area contributed by atoms with Gasteiger partial charge in [0, 0.05) is 6.54 Å². The van der Waals surface area contributed by atoms with E-state index in [9.17, 15) is 33.3 Å². The highest BCUT2D eigenvalue weighted by molar-refractivity contribution is 5.67. The lowest BCUT2D eigenvalue weighted by atomic mass is 10.0. The average Bonchev–Trinajstić information content (AvgIpc) is 2.41. The first kappa shape index (κ1) is 20.0. The van der Waals surface area contributed by atoms with Crippen LogP contribution in [0.4, 0.5) is 18.0 Å². The highest BCUT2D eigenvalue weighted by Gasteiger charge is 2.35. The summed E-state index contributed by atoms with van der Waals surface area (Å²) >= 11 is 0. The number of hydrogen-bond donors (Lipinski definition) is 4. The molecule has 6 nitrogen and oxygen atoms in total. The molecule has 0 fully saturated rings. The standard InChI is InChI=1S/C15H20F3NO5/c1-14(2,3)24-13(23)19-7-11(21)12(22)8-4-5-10(20)9(6-8)15(16,17)18/h4-6,11-12,20-22H,7H2,1-3H3,(H,19,23). The van der Waals surface area contributed by atoms with E-state index >= 15 is 0 Å². The molecule has 2 atom stereocenters. The van der Waals surface area contributed by atoms with E-state index in [1.54, 1.807) is 20.8 Å². The topological polar surface area (TPSA) is 99.0 Å². The highest BCUT2D eigenvalue weighted by Crippen LogP contribution is 2.37. The molecule has 1 aromatic carbocycles. The van der Waals surface area contributed by atoms with Crippen molar-refractivity contribution in [1.82, 2.24) is 5.32 Å². The third kappa shape index (κ3) is 5.89. The summed E-state index contributed by atoms with van der Waals surface area (Å²) in [6.45, 7) is 4.46. The number of alkyl carbamates (subject to hydrolysis) is 1. The first-order valence-electron chi connectivity index (χ1n) is 7.04. The summed E-state index contributed by atoms with van der Waals surface area (Å²) in [5, 5.41) is 31.2. The van der Waals surface area contributed by atoms with E-state index in [-0.39, 0.29) is 5.56 Å². The molecule has 0 aromatic heterocycles. The van der Waals surface area contributed by atoms with Gasteiger partial charge in [0.2, 0.25) is 0 Å². The average molecular weight is 351 g/mol. The van der Waals surface area contributed by atoms with Crippen LogP contribution >= 0.6 is 0 Å². The molecular formula is C15H20F3NO5. The molecule has 136 valence electrons. The number of aliphatic hydroxyl groups excluding tert-OH is 2. The fourth-order valence-electron chi connectivity index (χ4n) is 1.80. The van der Waals surface area contributed by atoms with Crippen LogP contribution in [0.3, 0.4) is 0 Å². The Balaban J connectivity index is 2.76. The van der Waals surface area contributed by atoms with E-state index in [0.717, 1.165) is 12.1 Å². The van der Waals surface area contributed by atoms with Crippen molar-refractivity contribution in [1.29, 1.82) is 0 Å². The van der Waals surface area contributed by atoms with Crippen LogP contribution in [0.1, 0.15) is 38.0 Å². The van der Waals surface area contributed by atoms with Crippen LogP contribution in [0.5, 0.6) is 5.75 Å². The van der Waals surface area contributed by atoms with Gasteiger partial charge in [-0.05, 0) is 38.5 Å². The first-order valence-corrected chi connectivity index (χ1v) is 7.04. The first-order chi connectivity index (χ1) is 10.8. The number of phenolic OH excluding ortho intramolecular Hbond substituents is 1. The van der Waals surface area contributed by atoms with Gasteiger partial charge in [-0.1, -0.05) is 6.07 Å². The number of benzene rings is 1. The van der Waals surface area contributed by atoms with Gasteiger partial charge in [-0.2, -0.15) is 13.2 Å². The molecule has 0 heterocycles. The molecule has 0 spiro atoms. The molecule has 0 radical (unpaired) electrons. The number of carbonyl (C=O) groups is 1. The Morgan fingerprint density at radius 2 is 1.83 bits per heavy atom. The van der Waals surface area contributed by atoms with Crippen molar-refractivity contribution in [2.24, 2.45) is 0 Å². The van der Waals surface area contributed by atoms with E-state index < -0.39 is 47.9 Å². The number of nitrogens with one attached hydrogen (secondary N) is 1. The Morgan fingerprint density at radius 3 is 2.33 bits per heavy atom. The van der Waals surface area contributed by atoms with Crippen molar-refractivity contribution in [3.05, 3.63) is 29.3 Å². The van der Waals surface area contributed by atoms with Crippen LogP contribution in [0.15, 0.2) is 18.2 Å². The summed E-state index contributed by atoms with van der Waals surface area (Å²) in [6.07, 6.45) is -8.90. The largest absolute Gasteiger partial charge is 0.507 e. The number of aliphatic hydroxyl groups is 2. The number of alkyl halides is 3. The number of carbonyl (C=O) groups excluding carboxylic acids is 1. The van der Waals surface area contributed by atoms with Crippen LogP contribution in [0.2, 0.25) is 0 Å². The van der Waals surface area contributed by atoms with Gasteiger partial charge in [0.25, 0.3) is 0 Å². The maximum absolute atomic E-state index is 12.7. The second-order valence-corrected chi connectivity index (χ2v) is 6.17. The zero-order valence-electron chi connectivity index (χ0n) is 13.4. The monoisotopic (exact) mass is 351 g/mol. The minimum atomic E-state index is -4.81. The van der Waals surface area contributed by atoms with E-state index in [1.165, 1.54) is 0 Å². The van der Waals surface area contributed by atoms with Crippen molar-refractivity contribution in [3.8, 4) is 5.75 Å². The van der Waals surface area contributed by atoms with Gasteiger partial charge in [0.05, 0.1) is 5.56 Å². The number of hydrogen-bond acceptors (Lipinski definition) is 5. The maximum Gasteiger partial charge on any atom is 0.419 e. The number of ether oxygens (including phenoxy) is 1. The molecule has 24 heavy (non-hydrogen) atoms. The summed E-state index contributed by atoms with van der Waals surface area (Å²) in [5.41, 5.74) is -2.34. The predicted molar refractivity (Wildman–Crippen MR) is 78.3 cm³/mol. The van der Waals surface area contributed by atoms with Crippen LogP contribution in [-0.2, 0) is 10.9 Å². The van der Waals surface area contributed by atoms with Gasteiger partial charge in [-0.3, -0.25) is 0 Å². The summed E-state index contributed by atoms with van der Waals surface area (Å²) in [6, 6.07) is 2.36. The molecule has 0 aliphatic heterocycles. The number of rotatable bonds is 4. The quantitative estimate of drug-likeness (QED) is 0.667. The van der Waals surface area contributed by atoms with Crippen molar-refractivity contribution in [2.45, 2.75) is 44.8 Å². The number of amides is 1. The molecular weight excluding hydrogens is 331 g/mol. The number of halogens is 3. The zero-order chi connectivity index (χ0) is 18.7. The van der Waals surface area contributed by atoms with E-state index in [1.807, 2.05) is 0 Å². The Bertz CT molecular complexity index is 583. The molecule has 0 aliphatic rings. The third-order valence-corrected chi connectivity index (χ3v) is 2.89. The fraction of sp³-hybridized carbons (Fsp3) is 0.533. The lowest BCUT2D eigenvalue weighted by Gasteiger charge is -2.22. The van der Waals surface area contributed by atoms with Gasteiger partial charge in [0.15, 0.2) is 0 Å². The van der Waals surface area contributed by atoms with Crippen molar-refractivity contribution in [2.75, 3.05) is 6.54 Å². The van der Waals surface area contributed by atoms with Crippen LogP contribution in [-0.4, -0.2) is 39.7 Å². The normalized spacial score (nSPS) is 14.8. The second-order valence-electron chi connectivity index (χ2n) is 6.17. The lowest BCUT2D eigenvalue weighted by Crippen LogP contribution is -2.38. The molecule has 0 saturated heterocycles. The summed E-state index contributed by atoms with van der Waals surface area (Å²) in [7, 11) is 0. The minimum Gasteiger partial charge on any atom is -0.507 e. The Labute approximate surface area is 136 Å². The van der Waals surface area contributed by atoms with Gasteiger partial charge in [-0.15, -0.1) is 0 Å². The van der Waals surface area contributed by atoms with Crippen molar-refractivity contribution in [3.63, 3.8) is 0 Å². The Kier molecular flexibility index (Phi) is 6.07. The zero-order valence-corrected chi connectivity index (χ0v) is 13.4. The summed E-state index contributed by atoms with van der Waals surface area (Å²) < 4.78 is 43.1. The molecule has 0 aliphatic carbocycles. The molecule has 1 aromatic rings.